The molecule has 1 aliphatic heterocycles. The minimum Gasteiger partial charge on any atom is -0.497 e. The second kappa shape index (κ2) is 10.7. The standard InChI is InChI=1S/C24H37N7O/c1-18-28-29-23(30(18)2)16-25-24(26-19-9-5-4-6-10-19)27-20-11-8-14-31(17-20)21-12-7-13-22(15-21)32-3/h7,12-13,15,19-20H,4-6,8-11,14,16-17H2,1-3H3,(H2,25,26,27). The van der Waals surface area contributed by atoms with Crippen molar-refractivity contribution in [3.8, 4) is 5.75 Å². The number of nitrogens with zero attached hydrogens (tertiary/aromatic N) is 5. The molecule has 2 N–H and O–H groups in total. The minimum absolute atomic E-state index is 0.339. The predicted octanol–water partition coefficient (Wildman–Crippen LogP) is 3.17. The van der Waals surface area contributed by atoms with Crippen LogP contribution in [0.15, 0.2) is 29.3 Å². The van der Waals surface area contributed by atoms with E-state index in [1.165, 1.54) is 37.8 Å². The Balaban J connectivity index is 1.45. The fourth-order valence-electron chi connectivity index (χ4n) is 4.64. The molecule has 1 aromatic carbocycles. The number of aliphatic imine (C=N–C) groups is 1. The molecule has 0 amide bonds. The van der Waals surface area contributed by atoms with E-state index in [4.69, 9.17) is 9.73 Å². The molecule has 2 heterocycles. The average Bonchev–Trinajstić information content (AvgIpc) is 3.15. The van der Waals surface area contributed by atoms with Crippen LogP contribution in [0.25, 0.3) is 0 Å². The number of guanidine groups is 1. The largest absolute Gasteiger partial charge is 0.497 e. The summed E-state index contributed by atoms with van der Waals surface area (Å²) in [5.74, 6) is 3.59. The smallest absolute Gasteiger partial charge is 0.192 e. The van der Waals surface area contributed by atoms with Gasteiger partial charge < -0.3 is 24.8 Å². The highest BCUT2D eigenvalue weighted by Crippen LogP contribution is 2.24. The molecule has 1 aromatic heterocycles. The van der Waals surface area contributed by atoms with Gasteiger partial charge in [0.15, 0.2) is 11.8 Å². The summed E-state index contributed by atoms with van der Waals surface area (Å²) in [6, 6.07) is 9.17. The second-order valence-electron chi connectivity index (χ2n) is 9.00. The van der Waals surface area contributed by atoms with Gasteiger partial charge in [-0.15, -0.1) is 10.2 Å². The number of ether oxygens (including phenoxy) is 1. The quantitative estimate of drug-likeness (QED) is 0.532. The Morgan fingerprint density at radius 1 is 1.09 bits per heavy atom. The summed E-state index contributed by atoms with van der Waals surface area (Å²) < 4.78 is 7.43. The van der Waals surface area contributed by atoms with Crippen molar-refractivity contribution >= 4 is 11.6 Å². The van der Waals surface area contributed by atoms with Crippen LogP contribution in [0.2, 0.25) is 0 Å². The number of nitrogens with one attached hydrogen (secondary N) is 2. The van der Waals surface area contributed by atoms with Gasteiger partial charge in [0.05, 0.1) is 7.11 Å². The molecule has 0 bridgehead atoms. The molecule has 174 valence electrons. The highest BCUT2D eigenvalue weighted by molar-refractivity contribution is 5.80. The van der Waals surface area contributed by atoms with Crippen LogP contribution >= 0.6 is 0 Å². The van der Waals surface area contributed by atoms with Crippen LogP contribution in [0.5, 0.6) is 5.75 Å². The maximum absolute atomic E-state index is 5.42. The monoisotopic (exact) mass is 439 g/mol. The molecule has 2 fully saturated rings. The number of methoxy groups -OCH3 is 1. The average molecular weight is 440 g/mol. The van der Waals surface area contributed by atoms with E-state index in [1.807, 2.05) is 24.6 Å². The maximum Gasteiger partial charge on any atom is 0.192 e. The lowest BCUT2D eigenvalue weighted by Gasteiger charge is -2.36. The highest BCUT2D eigenvalue weighted by atomic mass is 16.5. The van der Waals surface area contributed by atoms with Crippen LogP contribution in [0.3, 0.4) is 0 Å². The van der Waals surface area contributed by atoms with Gasteiger partial charge in [0.1, 0.15) is 18.1 Å². The lowest BCUT2D eigenvalue weighted by molar-refractivity contribution is 0.402. The van der Waals surface area contributed by atoms with E-state index in [0.29, 0.717) is 18.6 Å². The first-order valence-corrected chi connectivity index (χ1v) is 11.9. The molecule has 1 atom stereocenters. The molecule has 0 radical (unpaired) electrons. The third-order valence-electron chi connectivity index (χ3n) is 6.69. The fourth-order valence-corrected chi connectivity index (χ4v) is 4.64. The summed E-state index contributed by atoms with van der Waals surface area (Å²) in [4.78, 5) is 7.35. The number of hydrogen-bond acceptors (Lipinski definition) is 5. The molecule has 1 saturated heterocycles. The molecule has 32 heavy (non-hydrogen) atoms. The Kier molecular flexibility index (Phi) is 7.50. The summed E-state index contributed by atoms with van der Waals surface area (Å²) in [6.07, 6.45) is 8.63. The van der Waals surface area contributed by atoms with E-state index in [0.717, 1.165) is 49.3 Å². The Labute approximate surface area is 191 Å². The third kappa shape index (κ3) is 5.72. The van der Waals surface area contributed by atoms with Gasteiger partial charge in [-0.25, -0.2) is 4.99 Å². The first-order chi connectivity index (χ1) is 15.6. The van der Waals surface area contributed by atoms with Gasteiger partial charge in [-0.3, -0.25) is 0 Å². The number of benzene rings is 1. The molecule has 1 saturated carbocycles. The van der Waals surface area contributed by atoms with Crippen molar-refractivity contribution in [1.82, 2.24) is 25.4 Å². The van der Waals surface area contributed by atoms with Crippen molar-refractivity contribution in [2.45, 2.75) is 70.5 Å². The van der Waals surface area contributed by atoms with Crippen molar-refractivity contribution < 1.29 is 4.74 Å². The Bertz CT molecular complexity index is 904. The lowest BCUT2D eigenvalue weighted by atomic mass is 9.96. The number of aromatic nitrogens is 3. The van der Waals surface area contributed by atoms with Gasteiger partial charge >= 0.3 is 0 Å². The molecule has 2 aromatic rings. The van der Waals surface area contributed by atoms with E-state index in [9.17, 15) is 0 Å². The predicted molar refractivity (Wildman–Crippen MR) is 128 cm³/mol. The van der Waals surface area contributed by atoms with E-state index in [-0.39, 0.29) is 0 Å². The fraction of sp³-hybridized carbons (Fsp3) is 0.625. The van der Waals surface area contributed by atoms with Gasteiger partial charge in [-0.05, 0) is 44.7 Å². The number of piperidine rings is 1. The summed E-state index contributed by atoms with van der Waals surface area (Å²) in [7, 11) is 3.72. The van der Waals surface area contributed by atoms with Crippen molar-refractivity contribution in [3.63, 3.8) is 0 Å². The number of rotatable bonds is 6. The van der Waals surface area contributed by atoms with Crippen LogP contribution in [0.1, 0.15) is 56.6 Å². The second-order valence-corrected chi connectivity index (χ2v) is 9.00. The van der Waals surface area contributed by atoms with Crippen molar-refractivity contribution in [1.29, 1.82) is 0 Å². The zero-order chi connectivity index (χ0) is 22.3. The van der Waals surface area contributed by atoms with Gasteiger partial charge in [0.25, 0.3) is 0 Å². The summed E-state index contributed by atoms with van der Waals surface area (Å²) in [5, 5.41) is 15.9. The normalized spacial score (nSPS) is 20.3. The summed E-state index contributed by atoms with van der Waals surface area (Å²) >= 11 is 0. The zero-order valence-electron chi connectivity index (χ0n) is 19.7. The zero-order valence-corrected chi connectivity index (χ0v) is 19.7. The molecular formula is C24H37N7O. The van der Waals surface area contributed by atoms with Gasteiger partial charge in [-0.2, -0.15) is 0 Å². The van der Waals surface area contributed by atoms with E-state index in [1.54, 1.807) is 7.11 Å². The van der Waals surface area contributed by atoms with Crippen LogP contribution in [-0.4, -0.2) is 53.0 Å². The molecule has 2 aliphatic rings. The Morgan fingerprint density at radius 2 is 1.88 bits per heavy atom. The highest BCUT2D eigenvalue weighted by Gasteiger charge is 2.23. The van der Waals surface area contributed by atoms with Gasteiger partial charge in [0, 0.05) is 44.0 Å². The van der Waals surface area contributed by atoms with Crippen LogP contribution in [0, 0.1) is 6.92 Å². The van der Waals surface area contributed by atoms with Crippen LogP contribution < -0.4 is 20.3 Å². The van der Waals surface area contributed by atoms with E-state index < -0.39 is 0 Å². The van der Waals surface area contributed by atoms with Crippen LogP contribution in [0.4, 0.5) is 5.69 Å². The SMILES string of the molecule is COc1cccc(N2CCCC(NC(=NCc3nnc(C)n3C)NC3CCCCC3)C2)c1. The number of aryl methyl sites for hydroxylation is 1. The summed E-state index contributed by atoms with van der Waals surface area (Å²) in [5.41, 5.74) is 1.21. The van der Waals surface area contributed by atoms with Crippen molar-refractivity contribution in [3.05, 3.63) is 35.9 Å². The van der Waals surface area contributed by atoms with Crippen molar-refractivity contribution in [2.75, 3.05) is 25.1 Å². The molecule has 8 nitrogen and oxygen atoms in total. The van der Waals surface area contributed by atoms with Crippen molar-refractivity contribution in [2.24, 2.45) is 12.0 Å². The van der Waals surface area contributed by atoms with E-state index in [2.05, 4.69) is 43.9 Å². The number of anilines is 1. The number of hydrogen-bond donors (Lipinski definition) is 2. The first-order valence-electron chi connectivity index (χ1n) is 11.9. The van der Waals surface area contributed by atoms with Gasteiger partial charge in [-0.1, -0.05) is 25.3 Å². The Hall–Kier alpha value is -2.77. The molecule has 1 unspecified atom stereocenters. The third-order valence-corrected chi connectivity index (χ3v) is 6.69. The molecule has 8 heteroatoms. The van der Waals surface area contributed by atoms with E-state index >= 15 is 0 Å². The maximum atomic E-state index is 5.42. The Morgan fingerprint density at radius 3 is 2.62 bits per heavy atom. The summed E-state index contributed by atoms with van der Waals surface area (Å²) in [6.45, 7) is 4.49. The topological polar surface area (TPSA) is 79.6 Å². The molecule has 0 spiro atoms. The first kappa shape index (κ1) is 22.4. The molecular weight excluding hydrogens is 402 g/mol. The lowest BCUT2D eigenvalue weighted by Crippen LogP contribution is -2.53. The van der Waals surface area contributed by atoms with Crippen LogP contribution in [-0.2, 0) is 13.6 Å². The molecule has 1 aliphatic carbocycles. The molecule has 4 rings (SSSR count). The van der Waals surface area contributed by atoms with Gasteiger partial charge in [0.2, 0.25) is 0 Å². The minimum atomic E-state index is 0.339.